The molecule has 0 aliphatic carbocycles. The molecule has 1 aliphatic rings. The van der Waals surface area contributed by atoms with Gasteiger partial charge in [0.2, 0.25) is 0 Å². The molecule has 8 heteroatoms. The Hall–Kier alpha value is -2.58. The summed E-state index contributed by atoms with van der Waals surface area (Å²) in [4.78, 5) is 22.7. The summed E-state index contributed by atoms with van der Waals surface area (Å²) in [5, 5.41) is 9.65. The minimum Gasteiger partial charge on any atom is -0.336 e. The normalized spacial score (nSPS) is 15.4. The maximum absolute atomic E-state index is 12.8. The van der Waals surface area contributed by atoms with E-state index >= 15 is 0 Å². The van der Waals surface area contributed by atoms with Crippen molar-refractivity contribution in [3.05, 3.63) is 58.9 Å². The minimum atomic E-state index is 0.0486. The largest absolute Gasteiger partial charge is 0.336 e. The summed E-state index contributed by atoms with van der Waals surface area (Å²) in [6.07, 6.45) is 4.79. The van der Waals surface area contributed by atoms with Gasteiger partial charge in [-0.15, -0.1) is 21.5 Å². The molecule has 4 heterocycles. The SMILES string of the molecule is O=C(c1ccnc(-n2cnnc2)c1)N1CCN(Cc2cccs2)CC1. The first-order chi connectivity index (χ1) is 12.3. The summed E-state index contributed by atoms with van der Waals surface area (Å²) >= 11 is 1.78. The average Bonchev–Trinajstić information content (AvgIpc) is 3.36. The zero-order valence-corrected chi connectivity index (χ0v) is 14.5. The Morgan fingerprint density at radius 1 is 1.12 bits per heavy atom. The molecule has 1 saturated heterocycles. The summed E-state index contributed by atoms with van der Waals surface area (Å²) < 4.78 is 1.69. The lowest BCUT2D eigenvalue weighted by Gasteiger charge is -2.34. The van der Waals surface area contributed by atoms with E-state index < -0.39 is 0 Å². The van der Waals surface area contributed by atoms with Crippen LogP contribution in [0.1, 0.15) is 15.2 Å². The van der Waals surface area contributed by atoms with Crippen LogP contribution in [-0.2, 0) is 6.54 Å². The summed E-state index contributed by atoms with van der Waals surface area (Å²) in [6.45, 7) is 4.25. The molecule has 25 heavy (non-hydrogen) atoms. The van der Waals surface area contributed by atoms with Crippen LogP contribution in [-0.4, -0.2) is 61.6 Å². The summed E-state index contributed by atoms with van der Waals surface area (Å²) in [6, 6.07) is 7.78. The zero-order chi connectivity index (χ0) is 17.1. The molecule has 3 aromatic heterocycles. The van der Waals surface area contributed by atoms with Gasteiger partial charge in [0, 0.05) is 49.4 Å². The van der Waals surface area contributed by atoms with E-state index in [-0.39, 0.29) is 5.91 Å². The fourth-order valence-corrected chi connectivity index (χ4v) is 3.67. The van der Waals surface area contributed by atoms with Crippen LogP contribution in [0, 0.1) is 0 Å². The summed E-state index contributed by atoms with van der Waals surface area (Å²) in [5.41, 5.74) is 0.644. The molecule has 7 nitrogen and oxygen atoms in total. The summed E-state index contributed by atoms with van der Waals surface area (Å²) in [5.74, 6) is 0.694. The van der Waals surface area contributed by atoms with Crippen molar-refractivity contribution in [3.63, 3.8) is 0 Å². The molecule has 0 bridgehead atoms. The third-order valence-corrected chi connectivity index (χ3v) is 5.16. The Morgan fingerprint density at radius 2 is 1.92 bits per heavy atom. The molecule has 1 aliphatic heterocycles. The molecule has 0 radical (unpaired) electrons. The third-order valence-electron chi connectivity index (χ3n) is 4.29. The van der Waals surface area contributed by atoms with Gasteiger partial charge in [0.05, 0.1) is 0 Å². The number of carbonyl (C=O) groups is 1. The van der Waals surface area contributed by atoms with Gasteiger partial charge < -0.3 is 4.90 Å². The van der Waals surface area contributed by atoms with Crippen molar-refractivity contribution in [2.45, 2.75) is 6.54 Å². The van der Waals surface area contributed by atoms with Crippen LogP contribution in [0.5, 0.6) is 0 Å². The van der Waals surface area contributed by atoms with Gasteiger partial charge in [-0.1, -0.05) is 6.07 Å². The number of pyridine rings is 1. The van der Waals surface area contributed by atoms with Gasteiger partial charge in [-0.2, -0.15) is 0 Å². The van der Waals surface area contributed by atoms with Crippen LogP contribution in [0.4, 0.5) is 0 Å². The Morgan fingerprint density at radius 3 is 2.64 bits per heavy atom. The first-order valence-corrected chi connectivity index (χ1v) is 9.02. The second-order valence-electron chi connectivity index (χ2n) is 5.92. The highest BCUT2D eigenvalue weighted by atomic mass is 32.1. The molecule has 1 amide bonds. The second kappa shape index (κ2) is 7.12. The number of hydrogen-bond acceptors (Lipinski definition) is 6. The van der Waals surface area contributed by atoms with Crippen LogP contribution < -0.4 is 0 Å². The number of aromatic nitrogens is 4. The van der Waals surface area contributed by atoms with Crippen molar-refractivity contribution in [2.24, 2.45) is 0 Å². The van der Waals surface area contributed by atoms with Crippen molar-refractivity contribution in [2.75, 3.05) is 26.2 Å². The van der Waals surface area contributed by atoms with Crippen LogP contribution in [0.3, 0.4) is 0 Å². The highest BCUT2D eigenvalue weighted by Gasteiger charge is 2.22. The fraction of sp³-hybridized carbons (Fsp3) is 0.294. The molecule has 0 N–H and O–H groups in total. The highest BCUT2D eigenvalue weighted by Crippen LogP contribution is 2.15. The zero-order valence-electron chi connectivity index (χ0n) is 13.7. The Labute approximate surface area is 149 Å². The van der Waals surface area contributed by atoms with Crippen LogP contribution >= 0.6 is 11.3 Å². The van der Waals surface area contributed by atoms with Gasteiger partial charge in [0.1, 0.15) is 18.5 Å². The minimum absolute atomic E-state index is 0.0486. The van der Waals surface area contributed by atoms with Gasteiger partial charge >= 0.3 is 0 Å². The molecule has 128 valence electrons. The van der Waals surface area contributed by atoms with E-state index in [4.69, 9.17) is 0 Å². The Kier molecular flexibility index (Phi) is 4.53. The van der Waals surface area contributed by atoms with E-state index in [2.05, 4.69) is 37.6 Å². The molecule has 0 spiro atoms. The molecular formula is C17H18N6OS. The lowest BCUT2D eigenvalue weighted by molar-refractivity contribution is 0.0629. The number of hydrogen-bond donors (Lipinski definition) is 0. The van der Waals surface area contributed by atoms with Crippen LogP contribution in [0.2, 0.25) is 0 Å². The lowest BCUT2D eigenvalue weighted by atomic mass is 10.2. The van der Waals surface area contributed by atoms with Crippen LogP contribution in [0.15, 0.2) is 48.5 Å². The average molecular weight is 354 g/mol. The van der Waals surface area contributed by atoms with Crippen molar-refractivity contribution < 1.29 is 4.79 Å². The van der Waals surface area contributed by atoms with E-state index in [1.807, 2.05) is 4.90 Å². The highest BCUT2D eigenvalue weighted by molar-refractivity contribution is 7.09. The van der Waals surface area contributed by atoms with Crippen molar-refractivity contribution >= 4 is 17.2 Å². The number of rotatable bonds is 4. The third kappa shape index (κ3) is 3.59. The van der Waals surface area contributed by atoms with E-state index in [0.717, 1.165) is 32.7 Å². The van der Waals surface area contributed by atoms with E-state index in [1.165, 1.54) is 4.88 Å². The van der Waals surface area contributed by atoms with Gasteiger partial charge in [0.15, 0.2) is 0 Å². The monoisotopic (exact) mass is 354 g/mol. The molecule has 0 atom stereocenters. The first kappa shape index (κ1) is 15.9. The van der Waals surface area contributed by atoms with Gasteiger partial charge in [-0.05, 0) is 23.6 Å². The quantitative estimate of drug-likeness (QED) is 0.713. The Bertz CT molecular complexity index is 825. The first-order valence-electron chi connectivity index (χ1n) is 8.15. The number of piperazine rings is 1. The predicted octanol–water partition coefficient (Wildman–Crippen LogP) is 1.68. The molecule has 4 rings (SSSR count). The van der Waals surface area contributed by atoms with Crippen molar-refractivity contribution in [3.8, 4) is 5.82 Å². The van der Waals surface area contributed by atoms with Crippen molar-refractivity contribution in [1.29, 1.82) is 0 Å². The van der Waals surface area contributed by atoms with Crippen LogP contribution in [0.25, 0.3) is 5.82 Å². The molecular weight excluding hydrogens is 336 g/mol. The fourth-order valence-electron chi connectivity index (χ4n) is 2.93. The number of nitrogens with zero attached hydrogens (tertiary/aromatic N) is 6. The smallest absolute Gasteiger partial charge is 0.254 e. The van der Waals surface area contributed by atoms with Gasteiger partial charge in [0.25, 0.3) is 5.91 Å². The van der Waals surface area contributed by atoms with Crippen molar-refractivity contribution in [1.82, 2.24) is 29.5 Å². The molecule has 0 saturated carbocycles. The van der Waals surface area contributed by atoms with E-state index in [9.17, 15) is 4.79 Å². The maximum Gasteiger partial charge on any atom is 0.254 e. The van der Waals surface area contributed by atoms with E-state index in [1.54, 1.807) is 46.9 Å². The standard InChI is InChI=1S/C17H18N6OS/c24-17(14-3-4-18-16(10-14)23-12-19-20-13-23)22-7-5-21(6-8-22)11-15-2-1-9-25-15/h1-4,9-10,12-13H,5-8,11H2. The molecule has 0 unspecified atom stereocenters. The number of thiophene rings is 1. The van der Waals surface area contributed by atoms with E-state index in [0.29, 0.717) is 11.4 Å². The number of amides is 1. The molecule has 1 fully saturated rings. The topological polar surface area (TPSA) is 67.2 Å². The van der Waals surface area contributed by atoms with Gasteiger partial charge in [-0.3, -0.25) is 14.3 Å². The Balaban J connectivity index is 1.40. The van der Waals surface area contributed by atoms with Gasteiger partial charge in [-0.25, -0.2) is 4.98 Å². The number of carbonyl (C=O) groups excluding carboxylic acids is 1. The molecule has 0 aromatic carbocycles. The summed E-state index contributed by atoms with van der Waals surface area (Å²) in [7, 11) is 0. The maximum atomic E-state index is 12.8. The predicted molar refractivity (Wildman–Crippen MR) is 94.7 cm³/mol. The lowest BCUT2D eigenvalue weighted by Crippen LogP contribution is -2.48. The second-order valence-corrected chi connectivity index (χ2v) is 6.95. The molecule has 3 aromatic rings.